The molecule has 0 unspecified atom stereocenters. The van der Waals surface area contributed by atoms with Gasteiger partial charge in [-0.2, -0.15) is 4.79 Å². The summed E-state index contributed by atoms with van der Waals surface area (Å²) in [5.74, 6) is 0. The van der Waals surface area contributed by atoms with Gasteiger partial charge >= 0.3 is 0 Å². The van der Waals surface area contributed by atoms with Crippen molar-refractivity contribution in [1.29, 1.82) is 0 Å². The van der Waals surface area contributed by atoms with E-state index in [-0.39, 0.29) is 5.41 Å². The van der Waals surface area contributed by atoms with Gasteiger partial charge in [-0.15, -0.1) is 0 Å². The van der Waals surface area contributed by atoms with E-state index < -0.39 is 0 Å². The highest BCUT2D eigenvalue weighted by Gasteiger charge is 2.15. The predicted octanol–water partition coefficient (Wildman–Crippen LogP) is 1.89. The van der Waals surface area contributed by atoms with Crippen LogP contribution in [0.1, 0.15) is 20.8 Å². The van der Waals surface area contributed by atoms with Gasteiger partial charge in [-0.05, 0) is 5.41 Å². The molecule has 0 spiro atoms. The Hall–Kier alpha value is -0.880. The Kier molecular flexibility index (Phi) is 2.35. The van der Waals surface area contributed by atoms with E-state index in [0.29, 0.717) is 0 Å². The van der Waals surface area contributed by atoms with Crippen LogP contribution in [-0.2, 0) is 0 Å². The minimum atomic E-state index is 0.00618. The van der Waals surface area contributed by atoms with Gasteiger partial charge < -0.3 is 5.53 Å². The van der Waals surface area contributed by atoms with Crippen LogP contribution in [-0.4, -0.2) is 11.0 Å². The maximum Gasteiger partial charge on any atom is 0.283 e. The molecule has 0 fully saturated rings. The summed E-state index contributed by atoms with van der Waals surface area (Å²) in [6.07, 6.45) is 1.36. The first-order chi connectivity index (χ1) is 3.98. The van der Waals surface area contributed by atoms with Gasteiger partial charge in [-0.1, -0.05) is 27.4 Å². The number of nitrogens with zero attached hydrogens (tertiary/aromatic N) is 2. The first kappa shape index (κ1) is 8.12. The van der Waals surface area contributed by atoms with E-state index >= 15 is 0 Å². The van der Waals surface area contributed by atoms with Gasteiger partial charge in [0.1, 0.15) is 0 Å². The van der Waals surface area contributed by atoms with Crippen molar-refractivity contribution in [1.82, 2.24) is 0 Å². The van der Waals surface area contributed by atoms with Gasteiger partial charge in [0.05, 0.1) is 0 Å². The highest BCUT2D eigenvalue weighted by atomic mass is 14.8. The minimum absolute atomic E-state index is 0.00618. The highest BCUT2D eigenvalue weighted by Crippen LogP contribution is 2.20. The smallest absolute Gasteiger partial charge is 0.283 e. The summed E-state index contributed by atoms with van der Waals surface area (Å²) in [5, 5.41) is 0. The first-order valence-corrected chi connectivity index (χ1v) is 2.85. The van der Waals surface area contributed by atoms with E-state index in [1.165, 1.54) is 6.21 Å². The van der Waals surface area contributed by atoms with Crippen molar-refractivity contribution in [3.8, 4) is 0 Å². The Labute approximate surface area is 55.8 Å². The summed E-state index contributed by atoms with van der Waals surface area (Å²) >= 11 is 0. The lowest BCUT2D eigenvalue weighted by molar-refractivity contribution is 0.00316. The number of rotatable bonds is 1. The van der Waals surface area contributed by atoms with Crippen molar-refractivity contribution in [2.24, 2.45) is 5.41 Å². The SMILES string of the molecule is C=C(C=[N+]=[N-])C(C)(C)C. The fourth-order valence-electron chi connectivity index (χ4n) is 0.263. The molecule has 0 rings (SSSR count). The zero-order valence-corrected chi connectivity index (χ0v) is 6.18. The number of allylic oxidation sites excluding steroid dienone is 1. The predicted molar refractivity (Wildman–Crippen MR) is 38.3 cm³/mol. The molecule has 2 heteroatoms. The molecule has 0 N–H and O–H groups in total. The van der Waals surface area contributed by atoms with Gasteiger partial charge in [0.15, 0.2) is 0 Å². The Morgan fingerprint density at radius 2 is 2.00 bits per heavy atom. The maximum atomic E-state index is 8.11. The minimum Gasteiger partial charge on any atom is -0.362 e. The van der Waals surface area contributed by atoms with E-state index in [9.17, 15) is 0 Å². The van der Waals surface area contributed by atoms with Crippen LogP contribution >= 0.6 is 0 Å². The van der Waals surface area contributed by atoms with Crippen LogP contribution in [0.15, 0.2) is 12.2 Å². The summed E-state index contributed by atoms with van der Waals surface area (Å²) in [5.41, 5.74) is 8.94. The zero-order chi connectivity index (χ0) is 7.49. The molecule has 50 valence electrons. The average molecular weight is 124 g/mol. The second kappa shape index (κ2) is 2.60. The van der Waals surface area contributed by atoms with Crippen molar-refractivity contribution in [2.45, 2.75) is 20.8 Å². The van der Waals surface area contributed by atoms with Gasteiger partial charge in [0.2, 0.25) is 0 Å². The summed E-state index contributed by atoms with van der Waals surface area (Å²) in [6.45, 7) is 9.74. The Balaban J connectivity index is 4.22. The van der Waals surface area contributed by atoms with E-state index in [1.807, 2.05) is 20.8 Å². The first-order valence-electron chi connectivity index (χ1n) is 2.85. The molecule has 0 aliphatic rings. The molecule has 2 nitrogen and oxygen atoms in total. The van der Waals surface area contributed by atoms with Crippen LogP contribution in [0.5, 0.6) is 0 Å². The number of hydrogen-bond acceptors (Lipinski definition) is 0. The van der Waals surface area contributed by atoms with Crippen LogP contribution in [0.4, 0.5) is 0 Å². The molecule has 0 aliphatic carbocycles. The summed E-state index contributed by atoms with van der Waals surface area (Å²) < 4.78 is 0. The molecule has 9 heavy (non-hydrogen) atoms. The summed E-state index contributed by atoms with van der Waals surface area (Å²) in [6, 6.07) is 0. The van der Waals surface area contributed by atoms with E-state index in [1.54, 1.807) is 0 Å². The third-order valence-electron chi connectivity index (χ3n) is 1.18. The van der Waals surface area contributed by atoms with Crippen LogP contribution in [0, 0.1) is 5.41 Å². The summed E-state index contributed by atoms with van der Waals surface area (Å²) in [7, 11) is 0. The summed E-state index contributed by atoms with van der Waals surface area (Å²) in [4.78, 5) is 2.88. The Morgan fingerprint density at radius 3 is 2.11 bits per heavy atom. The molecule has 0 aromatic rings. The molecular weight excluding hydrogens is 112 g/mol. The van der Waals surface area contributed by atoms with E-state index in [0.717, 1.165) is 5.57 Å². The van der Waals surface area contributed by atoms with Crippen molar-refractivity contribution in [3.05, 3.63) is 17.7 Å². The van der Waals surface area contributed by atoms with Crippen LogP contribution in [0.25, 0.3) is 5.53 Å². The lowest BCUT2D eigenvalue weighted by Gasteiger charge is -2.14. The fourth-order valence-corrected chi connectivity index (χ4v) is 0.263. The lowest BCUT2D eigenvalue weighted by Crippen LogP contribution is -2.09. The third kappa shape index (κ3) is 2.83. The zero-order valence-electron chi connectivity index (χ0n) is 6.18. The molecule has 0 atom stereocenters. The normalized spacial score (nSPS) is 10.1. The Morgan fingerprint density at radius 1 is 1.56 bits per heavy atom. The molecule has 0 saturated carbocycles. The van der Waals surface area contributed by atoms with Crippen molar-refractivity contribution < 1.29 is 4.79 Å². The standard InChI is InChI=1S/C7H12N2/c1-6(5-9-8)7(2,3)4/h5H,1H2,2-4H3. The van der Waals surface area contributed by atoms with Crippen LogP contribution in [0.3, 0.4) is 0 Å². The number of hydrogen-bond donors (Lipinski definition) is 0. The molecule has 0 heterocycles. The van der Waals surface area contributed by atoms with E-state index in [2.05, 4.69) is 11.4 Å². The molecule has 0 saturated heterocycles. The molecule has 0 bridgehead atoms. The molecule has 0 aliphatic heterocycles. The molecule has 0 aromatic carbocycles. The second-order valence-electron chi connectivity index (χ2n) is 3.02. The van der Waals surface area contributed by atoms with Crippen molar-refractivity contribution in [3.63, 3.8) is 0 Å². The van der Waals surface area contributed by atoms with E-state index in [4.69, 9.17) is 5.53 Å². The average Bonchev–Trinajstić information content (AvgIpc) is 1.64. The van der Waals surface area contributed by atoms with Gasteiger partial charge in [-0.25, -0.2) is 0 Å². The molecule has 0 aromatic heterocycles. The van der Waals surface area contributed by atoms with Crippen molar-refractivity contribution >= 4 is 6.21 Å². The molecular formula is C7H12N2. The van der Waals surface area contributed by atoms with Gasteiger partial charge in [0, 0.05) is 5.57 Å². The van der Waals surface area contributed by atoms with Crippen LogP contribution < -0.4 is 0 Å². The topological polar surface area (TPSA) is 36.4 Å². The third-order valence-corrected chi connectivity index (χ3v) is 1.18. The Bertz CT molecular complexity index is 156. The maximum absolute atomic E-state index is 8.11. The molecule has 0 radical (unpaired) electrons. The lowest BCUT2D eigenvalue weighted by atomic mass is 9.88. The molecule has 0 amide bonds. The van der Waals surface area contributed by atoms with Gasteiger partial charge in [-0.3, -0.25) is 0 Å². The van der Waals surface area contributed by atoms with Crippen LogP contribution in [0.2, 0.25) is 0 Å². The quantitative estimate of drug-likeness (QED) is 0.291. The van der Waals surface area contributed by atoms with Crippen molar-refractivity contribution in [2.75, 3.05) is 0 Å². The largest absolute Gasteiger partial charge is 0.362 e. The second-order valence-corrected chi connectivity index (χ2v) is 3.02. The van der Waals surface area contributed by atoms with Gasteiger partial charge in [0.25, 0.3) is 6.21 Å². The highest BCUT2D eigenvalue weighted by molar-refractivity contribution is 5.74. The monoisotopic (exact) mass is 124 g/mol. The fraction of sp³-hybridized carbons (Fsp3) is 0.571.